The lowest BCUT2D eigenvalue weighted by molar-refractivity contribution is -0.120. The third kappa shape index (κ3) is 5.82. The monoisotopic (exact) mass is 342 g/mol. The van der Waals surface area contributed by atoms with Crippen LogP contribution in [0.15, 0.2) is 23.1 Å². The third-order valence-corrected chi connectivity index (χ3v) is 4.65. The first-order valence-corrected chi connectivity index (χ1v) is 8.48. The molecule has 1 atom stereocenters. The molecule has 124 valence electrons. The van der Waals surface area contributed by atoms with Crippen molar-refractivity contribution in [3.63, 3.8) is 0 Å². The molecule has 0 aromatic heterocycles. The molecule has 1 unspecified atom stereocenters. The van der Waals surface area contributed by atoms with Crippen LogP contribution < -0.4 is 10.6 Å². The fourth-order valence-corrected chi connectivity index (χ4v) is 3.58. The van der Waals surface area contributed by atoms with E-state index < -0.39 is 0 Å². The van der Waals surface area contributed by atoms with Crippen molar-refractivity contribution >= 4 is 35.8 Å². The standard InChI is InChI=1S/C17H26N2OS.ClH/c1-12-10-14(21-17(2,3)4)7-8-15(12)19-16(20)13-6-5-9-18-11-13;/h7-8,10,13,18H,5-6,9,11H2,1-4H3,(H,19,20);1H. The molecule has 0 spiro atoms. The van der Waals surface area contributed by atoms with Crippen molar-refractivity contribution in [2.45, 2.75) is 50.2 Å². The predicted molar refractivity (Wildman–Crippen MR) is 98.3 cm³/mol. The number of carbonyl (C=O) groups is 1. The number of nitrogens with one attached hydrogen (secondary N) is 2. The van der Waals surface area contributed by atoms with E-state index in [0.717, 1.165) is 37.2 Å². The molecule has 1 aliphatic rings. The zero-order valence-corrected chi connectivity index (χ0v) is 15.5. The van der Waals surface area contributed by atoms with Gasteiger partial charge in [-0.25, -0.2) is 0 Å². The average molecular weight is 343 g/mol. The topological polar surface area (TPSA) is 41.1 Å². The molecule has 0 radical (unpaired) electrons. The highest BCUT2D eigenvalue weighted by Gasteiger charge is 2.21. The van der Waals surface area contributed by atoms with Crippen LogP contribution >= 0.6 is 24.2 Å². The Bertz CT molecular complexity index is 508. The maximum Gasteiger partial charge on any atom is 0.228 e. The Labute approximate surface area is 144 Å². The minimum absolute atomic E-state index is 0. The number of thioether (sulfide) groups is 1. The van der Waals surface area contributed by atoms with E-state index in [4.69, 9.17) is 0 Å². The van der Waals surface area contributed by atoms with Gasteiger partial charge in [0, 0.05) is 21.9 Å². The third-order valence-electron chi connectivity index (χ3n) is 3.55. The molecule has 1 heterocycles. The highest BCUT2D eigenvalue weighted by Crippen LogP contribution is 2.33. The van der Waals surface area contributed by atoms with Gasteiger partial charge < -0.3 is 10.6 Å². The van der Waals surface area contributed by atoms with Gasteiger partial charge in [0.15, 0.2) is 0 Å². The number of carbonyl (C=O) groups excluding carboxylic acids is 1. The number of amides is 1. The number of aryl methyl sites for hydroxylation is 1. The van der Waals surface area contributed by atoms with Crippen molar-refractivity contribution in [1.82, 2.24) is 5.32 Å². The first-order valence-electron chi connectivity index (χ1n) is 7.66. The van der Waals surface area contributed by atoms with Gasteiger partial charge in [-0.3, -0.25) is 4.79 Å². The summed E-state index contributed by atoms with van der Waals surface area (Å²) >= 11 is 1.85. The number of anilines is 1. The number of rotatable bonds is 3. The zero-order chi connectivity index (χ0) is 15.5. The molecule has 0 bridgehead atoms. The molecule has 1 aliphatic heterocycles. The summed E-state index contributed by atoms with van der Waals surface area (Å²) in [5.74, 6) is 0.239. The summed E-state index contributed by atoms with van der Waals surface area (Å²) in [5.41, 5.74) is 2.06. The summed E-state index contributed by atoms with van der Waals surface area (Å²) < 4.78 is 0.199. The average Bonchev–Trinajstić information content (AvgIpc) is 2.41. The first kappa shape index (κ1) is 19.3. The molecule has 3 nitrogen and oxygen atoms in total. The number of benzene rings is 1. The highest BCUT2D eigenvalue weighted by molar-refractivity contribution is 8.00. The van der Waals surface area contributed by atoms with E-state index in [2.05, 4.69) is 50.5 Å². The van der Waals surface area contributed by atoms with Crippen LogP contribution in [0.2, 0.25) is 0 Å². The summed E-state index contributed by atoms with van der Waals surface area (Å²) in [6.07, 6.45) is 2.06. The molecule has 1 fully saturated rings. The second kappa shape index (κ2) is 8.23. The van der Waals surface area contributed by atoms with Gasteiger partial charge in [0.2, 0.25) is 5.91 Å². The van der Waals surface area contributed by atoms with E-state index in [9.17, 15) is 4.79 Å². The molecule has 2 N–H and O–H groups in total. The van der Waals surface area contributed by atoms with Crippen LogP contribution in [0.3, 0.4) is 0 Å². The van der Waals surface area contributed by atoms with Gasteiger partial charge >= 0.3 is 0 Å². The molecular weight excluding hydrogens is 316 g/mol. The largest absolute Gasteiger partial charge is 0.326 e. The van der Waals surface area contributed by atoms with Gasteiger partial charge in [-0.15, -0.1) is 24.2 Å². The Morgan fingerprint density at radius 3 is 2.64 bits per heavy atom. The Morgan fingerprint density at radius 1 is 1.36 bits per heavy atom. The number of hydrogen-bond acceptors (Lipinski definition) is 3. The van der Waals surface area contributed by atoms with Crippen LogP contribution in [0.1, 0.15) is 39.2 Å². The molecule has 5 heteroatoms. The van der Waals surface area contributed by atoms with Crippen molar-refractivity contribution in [2.24, 2.45) is 5.92 Å². The first-order chi connectivity index (χ1) is 9.85. The SMILES string of the molecule is Cc1cc(SC(C)(C)C)ccc1NC(=O)C1CCCNC1.Cl. The summed E-state index contributed by atoms with van der Waals surface area (Å²) in [6, 6.07) is 6.28. The van der Waals surface area contributed by atoms with E-state index in [-0.39, 0.29) is 29.0 Å². The maximum absolute atomic E-state index is 12.3. The maximum atomic E-state index is 12.3. The van der Waals surface area contributed by atoms with Gasteiger partial charge in [0.1, 0.15) is 0 Å². The number of hydrogen-bond donors (Lipinski definition) is 2. The fraction of sp³-hybridized carbons (Fsp3) is 0.588. The lowest BCUT2D eigenvalue weighted by Gasteiger charge is -2.23. The van der Waals surface area contributed by atoms with Crippen LogP contribution in [-0.2, 0) is 4.79 Å². The fourth-order valence-electron chi connectivity index (χ4n) is 2.50. The highest BCUT2D eigenvalue weighted by atomic mass is 35.5. The molecule has 2 rings (SSSR count). The molecule has 22 heavy (non-hydrogen) atoms. The number of piperidine rings is 1. The molecule has 0 aliphatic carbocycles. The summed E-state index contributed by atoms with van der Waals surface area (Å²) in [7, 11) is 0. The van der Waals surface area contributed by atoms with Crippen molar-refractivity contribution in [1.29, 1.82) is 0 Å². The Kier molecular flexibility index (Phi) is 7.23. The van der Waals surface area contributed by atoms with Crippen LogP contribution in [-0.4, -0.2) is 23.7 Å². The zero-order valence-electron chi connectivity index (χ0n) is 13.9. The van der Waals surface area contributed by atoms with E-state index in [1.54, 1.807) is 0 Å². The smallest absolute Gasteiger partial charge is 0.228 e. The van der Waals surface area contributed by atoms with Crippen LogP contribution in [0.5, 0.6) is 0 Å². The lowest BCUT2D eigenvalue weighted by atomic mass is 9.98. The van der Waals surface area contributed by atoms with Crippen LogP contribution in [0.25, 0.3) is 0 Å². The van der Waals surface area contributed by atoms with Crippen molar-refractivity contribution in [2.75, 3.05) is 18.4 Å². The van der Waals surface area contributed by atoms with E-state index in [0.29, 0.717) is 0 Å². The summed E-state index contributed by atoms with van der Waals surface area (Å²) in [4.78, 5) is 13.5. The van der Waals surface area contributed by atoms with Gasteiger partial charge in [0.25, 0.3) is 0 Å². The second-order valence-electron chi connectivity index (χ2n) is 6.72. The molecule has 1 aromatic carbocycles. The molecule has 1 saturated heterocycles. The van der Waals surface area contributed by atoms with Gasteiger partial charge in [-0.2, -0.15) is 0 Å². The van der Waals surface area contributed by atoms with Gasteiger partial charge in [0.05, 0.1) is 5.92 Å². The predicted octanol–water partition coefficient (Wildman–Crippen LogP) is 4.25. The normalized spacial score (nSPS) is 18.5. The van der Waals surface area contributed by atoms with Gasteiger partial charge in [-0.1, -0.05) is 20.8 Å². The van der Waals surface area contributed by atoms with Crippen LogP contribution in [0, 0.1) is 12.8 Å². The minimum atomic E-state index is 0. The lowest BCUT2D eigenvalue weighted by Crippen LogP contribution is -2.37. The Hall–Kier alpha value is -0.710. The summed E-state index contributed by atoms with van der Waals surface area (Å²) in [5, 5.41) is 6.37. The Morgan fingerprint density at radius 2 is 2.09 bits per heavy atom. The van der Waals surface area contributed by atoms with Crippen molar-refractivity contribution in [3.8, 4) is 0 Å². The molecule has 0 saturated carbocycles. The van der Waals surface area contributed by atoms with Crippen molar-refractivity contribution < 1.29 is 4.79 Å². The molecule has 1 amide bonds. The van der Waals surface area contributed by atoms with Crippen LogP contribution in [0.4, 0.5) is 5.69 Å². The second-order valence-corrected chi connectivity index (χ2v) is 8.62. The summed E-state index contributed by atoms with van der Waals surface area (Å²) in [6.45, 7) is 10.5. The van der Waals surface area contributed by atoms with E-state index in [1.807, 2.05) is 17.8 Å². The quantitative estimate of drug-likeness (QED) is 0.807. The minimum Gasteiger partial charge on any atom is -0.326 e. The Balaban J connectivity index is 0.00000242. The molecular formula is C17H27ClN2OS. The molecule has 1 aromatic rings. The number of halogens is 1. The van der Waals surface area contributed by atoms with E-state index in [1.165, 1.54) is 4.90 Å². The van der Waals surface area contributed by atoms with E-state index >= 15 is 0 Å². The van der Waals surface area contributed by atoms with Gasteiger partial charge in [-0.05, 0) is 50.1 Å². The van der Waals surface area contributed by atoms with Crippen molar-refractivity contribution in [3.05, 3.63) is 23.8 Å².